The number of fused-ring (bicyclic) bond motifs is 1. The van der Waals surface area contributed by atoms with Gasteiger partial charge in [0.05, 0.1) is 5.69 Å². The highest BCUT2D eigenvalue weighted by Gasteiger charge is 2.18. The molecule has 4 nitrogen and oxygen atoms in total. The third kappa shape index (κ3) is 4.03. The van der Waals surface area contributed by atoms with Gasteiger partial charge in [0.25, 0.3) is 0 Å². The predicted octanol–water partition coefficient (Wildman–Crippen LogP) is 2.97. The molecule has 20 heavy (non-hydrogen) atoms. The number of carbonyl (C=O) groups is 1. The number of hydrogen-bond donors (Lipinski definition) is 2. The third-order valence-electron chi connectivity index (χ3n) is 4.06. The van der Waals surface area contributed by atoms with Crippen molar-refractivity contribution in [1.29, 1.82) is 0 Å². The smallest absolute Gasteiger partial charge is 0.226 e. The van der Waals surface area contributed by atoms with Crippen LogP contribution in [-0.4, -0.2) is 17.4 Å². The van der Waals surface area contributed by atoms with E-state index in [1.165, 1.54) is 17.0 Å². The van der Waals surface area contributed by atoms with Crippen LogP contribution in [0.15, 0.2) is 0 Å². The molecule has 1 aromatic heterocycles. The number of amides is 1. The normalized spacial score (nSPS) is 15.4. The molecule has 0 bridgehead atoms. The molecular weight excluding hydrogens is 270 g/mol. The van der Waals surface area contributed by atoms with Crippen molar-refractivity contribution in [1.82, 2.24) is 4.98 Å². The number of nitrogens with zero attached hydrogens (tertiary/aromatic N) is 1. The van der Waals surface area contributed by atoms with Gasteiger partial charge in [-0.3, -0.25) is 4.79 Å². The van der Waals surface area contributed by atoms with Crippen molar-refractivity contribution in [2.75, 3.05) is 11.9 Å². The van der Waals surface area contributed by atoms with Crippen molar-refractivity contribution >= 4 is 22.4 Å². The molecule has 1 aromatic rings. The van der Waals surface area contributed by atoms with Gasteiger partial charge in [0.1, 0.15) is 0 Å². The average Bonchev–Trinajstić information content (AvgIpc) is 2.94. The van der Waals surface area contributed by atoms with E-state index in [9.17, 15) is 4.79 Å². The number of anilines is 1. The molecule has 0 saturated carbocycles. The molecule has 0 spiro atoms. The summed E-state index contributed by atoms with van der Waals surface area (Å²) in [4.78, 5) is 17.8. The Morgan fingerprint density at radius 2 is 2.20 bits per heavy atom. The Bertz CT molecular complexity index is 434. The summed E-state index contributed by atoms with van der Waals surface area (Å²) in [5.74, 6) is 1.20. The molecule has 1 heterocycles. The van der Waals surface area contributed by atoms with Gasteiger partial charge in [0.2, 0.25) is 5.91 Å². The average molecular weight is 295 g/mol. The molecule has 0 fully saturated rings. The Balaban J connectivity index is 1.79. The summed E-state index contributed by atoms with van der Waals surface area (Å²) in [5.41, 5.74) is 6.82. The maximum Gasteiger partial charge on any atom is 0.226 e. The van der Waals surface area contributed by atoms with Crippen LogP contribution in [0.3, 0.4) is 0 Å². The molecule has 1 aliphatic carbocycles. The molecule has 1 amide bonds. The highest BCUT2D eigenvalue weighted by Crippen LogP contribution is 2.30. The standard InChI is InChI=1S/C15H25N3OS/c1-10(2)11(8-9-16)6-7-14(19)18-15-17-12-4-3-5-13(12)20-15/h10-11H,3-9,16H2,1-2H3,(H,17,18,19). The molecule has 0 aromatic carbocycles. The molecular formula is C15H25N3OS. The zero-order valence-corrected chi connectivity index (χ0v) is 13.3. The van der Waals surface area contributed by atoms with E-state index in [2.05, 4.69) is 24.1 Å². The lowest BCUT2D eigenvalue weighted by Gasteiger charge is -2.19. The van der Waals surface area contributed by atoms with E-state index >= 15 is 0 Å². The summed E-state index contributed by atoms with van der Waals surface area (Å²) in [6, 6.07) is 0. The summed E-state index contributed by atoms with van der Waals surface area (Å²) in [5, 5.41) is 3.72. The van der Waals surface area contributed by atoms with Crippen LogP contribution in [0.25, 0.3) is 0 Å². The van der Waals surface area contributed by atoms with E-state index in [1.807, 2.05) is 0 Å². The topological polar surface area (TPSA) is 68.0 Å². The van der Waals surface area contributed by atoms with Gasteiger partial charge in [-0.05, 0) is 50.5 Å². The number of nitrogens with one attached hydrogen (secondary N) is 1. The summed E-state index contributed by atoms with van der Waals surface area (Å²) in [7, 11) is 0. The first-order valence-electron chi connectivity index (χ1n) is 7.58. The number of carbonyl (C=O) groups excluding carboxylic acids is 1. The monoisotopic (exact) mass is 295 g/mol. The van der Waals surface area contributed by atoms with Crippen LogP contribution in [-0.2, 0) is 17.6 Å². The van der Waals surface area contributed by atoms with Gasteiger partial charge in [0.15, 0.2) is 5.13 Å². The number of aromatic nitrogens is 1. The second kappa shape index (κ2) is 7.18. The van der Waals surface area contributed by atoms with Crippen LogP contribution in [0.1, 0.15) is 50.1 Å². The largest absolute Gasteiger partial charge is 0.330 e. The van der Waals surface area contributed by atoms with Crippen molar-refractivity contribution in [3.63, 3.8) is 0 Å². The summed E-state index contributed by atoms with van der Waals surface area (Å²) < 4.78 is 0. The van der Waals surface area contributed by atoms with Crippen molar-refractivity contribution < 1.29 is 4.79 Å². The Labute approximate surface area is 125 Å². The van der Waals surface area contributed by atoms with E-state index < -0.39 is 0 Å². The zero-order valence-electron chi connectivity index (χ0n) is 12.4. The number of nitrogens with two attached hydrogens (primary N) is 1. The minimum absolute atomic E-state index is 0.0834. The van der Waals surface area contributed by atoms with Crippen LogP contribution in [0.2, 0.25) is 0 Å². The first-order chi connectivity index (χ1) is 9.60. The Kier molecular flexibility index (Phi) is 5.54. The molecule has 112 valence electrons. The minimum atomic E-state index is 0.0834. The fourth-order valence-electron chi connectivity index (χ4n) is 2.77. The van der Waals surface area contributed by atoms with Gasteiger partial charge in [-0.2, -0.15) is 0 Å². The molecule has 3 N–H and O–H groups in total. The van der Waals surface area contributed by atoms with Gasteiger partial charge in [0, 0.05) is 11.3 Å². The Morgan fingerprint density at radius 3 is 2.85 bits per heavy atom. The van der Waals surface area contributed by atoms with Gasteiger partial charge < -0.3 is 11.1 Å². The molecule has 0 radical (unpaired) electrons. The maximum absolute atomic E-state index is 12.0. The van der Waals surface area contributed by atoms with E-state index in [1.54, 1.807) is 11.3 Å². The van der Waals surface area contributed by atoms with Crippen molar-refractivity contribution in [2.45, 2.75) is 52.4 Å². The first kappa shape index (κ1) is 15.4. The highest BCUT2D eigenvalue weighted by molar-refractivity contribution is 7.15. The van der Waals surface area contributed by atoms with Crippen LogP contribution in [0, 0.1) is 11.8 Å². The number of aryl methyl sites for hydroxylation is 2. The lowest BCUT2D eigenvalue weighted by Crippen LogP contribution is -2.18. The summed E-state index contributed by atoms with van der Waals surface area (Å²) in [6.07, 6.45) is 5.86. The van der Waals surface area contributed by atoms with Gasteiger partial charge in [-0.25, -0.2) is 4.98 Å². The lowest BCUT2D eigenvalue weighted by atomic mass is 9.88. The number of thiazole rings is 1. The first-order valence-corrected chi connectivity index (χ1v) is 8.40. The fraction of sp³-hybridized carbons (Fsp3) is 0.733. The highest BCUT2D eigenvalue weighted by atomic mass is 32.1. The van der Waals surface area contributed by atoms with Crippen molar-refractivity contribution in [3.05, 3.63) is 10.6 Å². The molecule has 1 atom stereocenters. The van der Waals surface area contributed by atoms with Gasteiger partial charge in [-0.1, -0.05) is 13.8 Å². The Hall–Kier alpha value is -0.940. The van der Waals surface area contributed by atoms with Crippen LogP contribution in [0.4, 0.5) is 5.13 Å². The third-order valence-corrected chi connectivity index (χ3v) is 5.14. The van der Waals surface area contributed by atoms with E-state index in [4.69, 9.17) is 5.73 Å². The van der Waals surface area contributed by atoms with Crippen molar-refractivity contribution in [2.24, 2.45) is 17.6 Å². The maximum atomic E-state index is 12.0. The predicted molar refractivity (Wildman–Crippen MR) is 84.0 cm³/mol. The number of rotatable bonds is 7. The van der Waals surface area contributed by atoms with E-state index in [0.29, 0.717) is 24.8 Å². The van der Waals surface area contributed by atoms with Gasteiger partial charge in [-0.15, -0.1) is 11.3 Å². The Morgan fingerprint density at radius 1 is 1.40 bits per heavy atom. The van der Waals surface area contributed by atoms with Gasteiger partial charge >= 0.3 is 0 Å². The summed E-state index contributed by atoms with van der Waals surface area (Å²) in [6.45, 7) is 5.09. The quantitative estimate of drug-likeness (QED) is 0.812. The molecule has 1 aliphatic rings. The molecule has 0 aliphatic heterocycles. The van der Waals surface area contributed by atoms with E-state index in [0.717, 1.165) is 30.8 Å². The lowest BCUT2D eigenvalue weighted by molar-refractivity contribution is -0.116. The second-order valence-electron chi connectivity index (χ2n) is 5.91. The molecule has 2 rings (SSSR count). The van der Waals surface area contributed by atoms with Crippen LogP contribution < -0.4 is 11.1 Å². The van der Waals surface area contributed by atoms with Crippen LogP contribution >= 0.6 is 11.3 Å². The fourth-order valence-corrected chi connectivity index (χ4v) is 3.83. The SMILES string of the molecule is CC(C)C(CCN)CCC(=O)Nc1nc2c(s1)CCC2. The summed E-state index contributed by atoms with van der Waals surface area (Å²) >= 11 is 1.64. The van der Waals surface area contributed by atoms with E-state index in [-0.39, 0.29) is 5.91 Å². The van der Waals surface area contributed by atoms with Crippen molar-refractivity contribution in [3.8, 4) is 0 Å². The molecule has 5 heteroatoms. The number of hydrogen-bond acceptors (Lipinski definition) is 4. The molecule has 0 saturated heterocycles. The van der Waals surface area contributed by atoms with Crippen LogP contribution in [0.5, 0.6) is 0 Å². The zero-order chi connectivity index (χ0) is 14.5. The molecule has 1 unspecified atom stereocenters. The minimum Gasteiger partial charge on any atom is -0.330 e. The second-order valence-corrected chi connectivity index (χ2v) is 6.99.